The molecule has 0 radical (unpaired) electrons. The lowest BCUT2D eigenvalue weighted by Crippen LogP contribution is -2.52. The van der Waals surface area contributed by atoms with E-state index in [0.29, 0.717) is 24.3 Å². The minimum Gasteiger partial charge on any atom is -0.492 e. The van der Waals surface area contributed by atoms with Gasteiger partial charge in [0.25, 0.3) is 10.0 Å². The van der Waals surface area contributed by atoms with Crippen molar-refractivity contribution in [2.24, 2.45) is 0 Å². The second-order valence-corrected chi connectivity index (χ2v) is 11.1. The third-order valence-electron chi connectivity index (χ3n) is 6.32. The van der Waals surface area contributed by atoms with Crippen LogP contribution in [-0.4, -0.2) is 50.9 Å². The van der Waals surface area contributed by atoms with Crippen molar-refractivity contribution >= 4 is 27.5 Å². The van der Waals surface area contributed by atoms with Gasteiger partial charge >= 0.3 is 0 Å². The minimum atomic E-state index is -4.23. The number of likely N-dealkylation sites (N-methyl/N-ethyl adjacent to an activating group) is 1. The van der Waals surface area contributed by atoms with Crippen LogP contribution in [0.25, 0.3) is 0 Å². The topological polar surface area (TPSA) is 96.0 Å². The molecular formula is C30H36FN3O5S. The number of ether oxygens (including phenoxy) is 1. The van der Waals surface area contributed by atoms with Crippen LogP contribution in [0.5, 0.6) is 5.75 Å². The highest BCUT2D eigenvalue weighted by atomic mass is 32.2. The Morgan fingerprint density at radius 2 is 1.60 bits per heavy atom. The molecule has 1 N–H and O–H groups in total. The molecule has 0 saturated heterocycles. The first-order chi connectivity index (χ1) is 19.1. The van der Waals surface area contributed by atoms with Crippen LogP contribution < -0.4 is 14.4 Å². The van der Waals surface area contributed by atoms with E-state index in [0.717, 1.165) is 9.87 Å². The molecule has 40 heavy (non-hydrogen) atoms. The van der Waals surface area contributed by atoms with Gasteiger partial charge in [-0.15, -0.1) is 0 Å². The van der Waals surface area contributed by atoms with Gasteiger partial charge in [-0.25, -0.2) is 12.8 Å². The number of anilines is 1. The van der Waals surface area contributed by atoms with Crippen molar-refractivity contribution in [3.63, 3.8) is 0 Å². The summed E-state index contributed by atoms with van der Waals surface area (Å²) in [5.41, 5.74) is 1.68. The Morgan fingerprint density at radius 1 is 0.950 bits per heavy atom. The summed E-state index contributed by atoms with van der Waals surface area (Å²) >= 11 is 0. The molecule has 3 rings (SSSR count). The van der Waals surface area contributed by atoms with E-state index in [1.807, 2.05) is 6.92 Å². The highest BCUT2D eigenvalue weighted by molar-refractivity contribution is 7.92. The summed E-state index contributed by atoms with van der Waals surface area (Å²) in [6.07, 6.45) is 0.291. The van der Waals surface area contributed by atoms with Crippen molar-refractivity contribution in [2.75, 3.05) is 24.0 Å². The van der Waals surface area contributed by atoms with Crippen LogP contribution in [0.1, 0.15) is 38.3 Å². The van der Waals surface area contributed by atoms with Crippen molar-refractivity contribution in [2.45, 2.75) is 51.6 Å². The van der Waals surface area contributed by atoms with E-state index in [4.69, 9.17) is 4.74 Å². The second kappa shape index (κ2) is 13.9. The van der Waals surface area contributed by atoms with E-state index >= 15 is 0 Å². The van der Waals surface area contributed by atoms with Crippen LogP contribution in [0.4, 0.5) is 10.1 Å². The molecule has 1 atom stereocenters. The molecule has 0 aromatic heterocycles. The van der Waals surface area contributed by atoms with Gasteiger partial charge in [0.15, 0.2) is 0 Å². The lowest BCUT2D eigenvalue weighted by atomic mass is 10.1. The summed E-state index contributed by atoms with van der Waals surface area (Å²) < 4.78 is 48.3. The summed E-state index contributed by atoms with van der Waals surface area (Å²) in [5, 5.41) is 2.75. The number of para-hydroxylation sites is 2. The molecule has 0 fully saturated rings. The number of aryl methyl sites for hydroxylation is 1. The molecule has 0 aliphatic heterocycles. The summed E-state index contributed by atoms with van der Waals surface area (Å²) in [5.74, 6) is -1.08. The summed E-state index contributed by atoms with van der Waals surface area (Å²) in [7, 11) is -4.23. The molecule has 0 saturated carbocycles. The number of carbonyl (C=O) groups excluding carboxylic acids is 2. The van der Waals surface area contributed by atoms with Gasteiger partial charge in [0.1, 0.15) is 24.2 Å². The fourth-order valence-electron chi connectivity index (χ4n) is 4.29. The first-order valence-corrected chi connectivity index (χ1v) is 14.7. The van der Waals surface area contributed by atoms with E-state index in [9.17, 15) is 22.4 Å². The largest absolute Gasteiger partial charge is 0.492 e. The average Bonchev–Trinajstić information content (AvgIpc) is 2.93. The van der Waals surface area contributed by atoms with Gasteiger partial charge in [-0.3, -0.25) is 13.9 Å². The third-order valence-corrected chi connectivity index (χ3v) is 8.10. The standard InChI is InChI=1S/C30H36FN3O5S/c1-5-26(30(36)32-6-2)33(20-23-14-16-24(31)17-15-23)29(35)21-34(27-10-8-9-11-28(27)39-7-3)40(37,38)25-18-12-22(4)13-19-25/h8-19,26H,5-7,20-21H2,1-4H3,(H,32,36)/t26-/m1/s1. The third kappa shape index (κ3) is 7.38. The Bertz CT molecular complexity index is 1400. The molecule has 10 heteroatoms. The van der Waals surface area contributed by atoms with Crippen LogP contribution >= 0.6 is 0 Å². The summed E-state index contributed by atoms with van der Waals surface area (Å²) in [6.45, 7) is 7.23. The highest BCUT2D eigenvalue weighted by Crippen LogP contribution is 2.33. The van der Waals surface area contributed by atoms with Crippen LogP contribution in [-0.2, 0) is 26.2 Å². The molecule has 0 aliphatic rings. The summed E-state index contributed by atoms with van der Waals surface area (Å²) in [4.78, 5) is 28.4. The Morgan fingerprint density at radius 3 is 2.20 bits per heavy atom. The van der Waals surface area contributed by atoms with E-state index in [2.05, 4.69) is 5.32 Å². The lowest BCUT2D eigenvalue weighted by molar-refractivity contribution is -0.140. The summed E-state index contributed by atoms with van der Waals surface area (Å²) in [6, 6.07) is 17.7. The van der Waals surface area contributed by atoms with E-state index < -0.39 is 34.3 Å². The predicted molar refractivity (Wildman–Crippen MR) is 153 cm³/mol. The Hall–Kier alpha value is -3.92. The molecule has 0 spiro atoms. The van der Waals surface area contributed by atoms with Crippen molar-refractivity contribution in [1.29, 1.82) is 0 Å². The predicted octanol–water partition coefficient (Wildman–Crippen LogP) is 4.67. The van der Waals surface area contributed by atoms with Crippen LogP contribution in [0.2, 0.25) is 0 Å². The molecule has 3 aromatic carbocycles. The van der Waals surface area contributed by atoms with Gasteiger partial charge in [0, 0.05) is 13.1 Å². The van der Waals surface area contributed by atoms with Crippen molar-refractivity contribution in [3.8, 4) is 5.75 Å². The number of rotatable bonds is 13. The number of amides is 2. The maximum absolute atomic E-state index is 14.0. The van der Waals surface area contributed by atoms with E-state index in [-0.39, 0.29) is 29.6 Å². The first kappa shape index (κ1) is 30.6. The zero-order valence-corrected chi connectivity index (χ0v) is 24.1. The molecule has 2 amide bonds. The number of hydrogen-bond donors (Lipinski definition) is 1. The van der Waals surface area contributed by atoms with Crippen molar-refractivity contribution in [1.82, 2.24) is 10.2 Å². The molecule has 3 aromatic rings. The van der Waals surface area contributed by atoms with Crippen molar-refractivity contribution in [3.05, 3.63) is 89.7 Å². The van der Waals surface area contributed by atoms with Gasteiger partial charge < -0.3 is 15.0 Å². The number of halogens is 1. The fraction of sp³-hybridized carbons (Fsp3) is 0.333. The molecule has 8 nitrogen and oxygen atoms in total. The molecular weight excluding hydrogens is 533 g/mol. The number of hydrogen-bond acceptors (Lipinski definition) is 5. The van der Waals surface area contributed by atoms with Crippen LogP contribution in [0.3, 0.4) is 0 Å². The minimum absolute atomic E-state index is 0.0121. The second-order valence-electron chi connectivity index (χ2n) is 9.19. The van der Waals surface area contributed by atoms with Crippen LogP contribution in [0, 0.1) is 12.7 Å². The monoisotopic (exact) mass is 569 g/mol. The number of nitrogens with one attached hydrogen (secondary N) is 1. The average molecular weight is 570 g/mol. The highest BCUT2D eigenvalue weighted by Gasteiger charge is 2.34. The normalized spacial score (nSPS) is 11.9. The van der Waals surface area contributed by atoms with Crippen LogP contribution in [0.15, 0.2) is 77.7 Å². The number of carbonyl (C=O) groups is 2. The Kier molecular flexibility index (Phi) is 10.7. The molecule has 0 heterocycles. The molecule has 0 aliphatic carbocycles. The quantitative estimate of drug-likeness (QED) is 0.323. The smallest absolute Gasteiger partial charge is 0.264 e. The number of sulfonamides is 1. The zero-order chi connectivity index (χ0) is 29.3. The maximum atomic E-state index is 14.0. The molecule has 0 bridgehead atoms. The van der Waals surface area contributed by atoms with Gasteiger partial charge in [-0.2, -0.15) is 0 Å². The first-order valence-electron chi connectivity index (χ1n) is 13.2. The lowest BCUT2D eigenvalue weighted by Gasteiger charge is -2.33. The van der Waals surface area contributed by atoms with Gasteiger partial charge in [-0.05, 0) is 69.2 Å². The fourth-order valence-corrected chi connectivity index (χ4v) is 5.71. The Labute approximate surface area is 235 Å². The number of benzene rings is 3. The Balaban J connectivity index is 2.10. The van der Waals surface area contributed by atoms with E-state index in [1.54, 1.807) is 57.2 Å². The van der Waals surface area contributed by atoms with E-state index in [1.165, 1.54) is 41.3 Å². The van der Waals surface area contributed by atoms with Crippen molar-refractivity contribution < 1.29 is 27.1 Å². The SMILES string of the molecule is CCNC(=O)[C@@H](CC)N(Cc1ccc(F)cc1)C(=O)CN(c1ccccc1OCC)S(=O)(=O)c1ccc(C)cc1. The molecule has 0 unspecified atom stereocenters. The van der Waals surface area contributed by atoms with Gasteiger partial charge in [0.2, 0.25) is 11.8 Å². The zero-order valence-electron chi connectivity index (χ0n) is 23.3. The van der Waals surface area contributed by atoms with Gasteiger partial charge in [0.05, 0.1) is 17.2 Å². The maximum Gasteiger partial charge on any atom is 0.264 e. The molecule has 214 valence electrons. The van der Waals surface area contributed by atoms with Gasteiger partial charge in [-0.1, -0.05) is 48.9 Å². The number of nitrogens with zero attached hydrogens (tertiary/aromatic N) is 2.